The maximum Gasteiger partial charge on any atom is 0.222 e. The number of hydrogen-bond donors (Lipinski definition) is 5. The molecule has 2 aromatic carbocycles. The van der Waals surface area contributed by atoms with Crippen molar-refractivity contribution in [2.75, 3.05) is 19.8 Å². The van der Waals surface area contributed by atoms with Gasteiger partial charge in [-0.1, -0.05) is 12.1 Å². The Bertz CT molecular complexity index is 883. The van der Waals surface area contributed by atoms with Gasteiger partial charge in [0.15, 0.2) is 0 Å². The summed E-state index contributed by atoms with van der Waals surface area (Å²) in [5, 5.41) is 51.0. The molecule has 1 unspecified atom stereocenters. The smallest absolute Gasteiger partial charge is 0.222 e. The van der Waals surface area contributed by atoms with Gasteiger partial charge in [0.2, 0.25) is 5.79 Å². The van der Waals surface area contributed by atoms with Gasteiger partial charge in [-0.05, 0) is 42.8 Å². The van der Waals surface area contributed by atoms with Crippen LogP contribution in [0.4, 0.5) is 0 Å². The van der Waals surface area contributed by atoms with Crippen molar-refractivity contribution in [1.82, 2.24) is 0 Å². The minimum atomic E-state index is -2.30. The lowest BCUT2D eigenvalue weighted by Gasteiger charge is -2.45. The van der Waals surface area contributed by atoms with Crippen LogP contribution in [0.1, 0.15) is 29.5 Å². The zero-order valence-electron chi connectivity index (χ0n) is 16.5. The maximum absolute atomic E-state index is 11.1. The first-order valence-corrected chi connectivity index (χ1v) is 9.94. The molecule has 0 aliphatic carbocycles. The van der Waals surface area contributed by atoms with Crippen LogP contribution in [0.25, 0.3) is 0 Å². The Morgan fingerprint density at radius 1 is 1.07 bits per heavy atom. The lowest BCUT2D eigenvalue weighted by Crippen LogP contribution is -2.63. The van der Waals surface area contributed by atoms with E-state index in [9.17, 15) is 25.5 Å². The third kappa shape index (κ3) is 3.45. The molecule has 2 aromatic rings. The molecular weight excluding hydrogens is 392 g/mol. The summed E-state index contributed by atoms with van der Waals surface area (Å²) in [5.74, 6) is -0.993. The minimum absolute atomic E-state index is 0.107. The van der Waals surface area contributed by atoms with E-state index < -0.39 is 36.8 Å². The minimum Gasteiger partial charge on any atom is -0.494 e. The van der Waals surface area contributed by atoms with Crippen LogP contribution in [0.2, 0.25) is 0 Å². The van der Waals surface area contributed by atoms with Gasteiger partial charge < -0.3 is 39.7 Å². The fraction of sp³-hybridized carbons (Fsp3) is 0.455. The Hall–Kier alpha value is -2.20. The highest BCUT2D eigenvalue weighted by molar-refractivity contribution is 5.49. The monoisotopic (exact) mass is 418 g/mol. The molecule has 30 heavy (non-hydrogen) atoms. The summed E-state index contributed by atoms with van der Waals surface area (Å²) in [5.41, 5.74) is 1.98. The number of hydrogen-bond acceptors (Lipinski definition) is 8. The van der Waals surface area contributed by atoms with Crippen LogP contribution in [0.3, 0.4) is 0 Å². The second-order valence-corrected chi connectivity index (χ2v) is 7.58. The van der Waals surface area contributed by atoms with Gasteiger partial charge in [-0.15, -0.1) is 0 Å². The summed E-state index contributed by atoms with van der Waals surface area (Å²) in [6, 6.07) is 12.5. The third-order valence-electron chi connectivity index (χ3n) is 5.76. The summed E-state index contributed by atoms with van der Waals surface area (Å²) in [7, 11) is 0. The van der Waals surface area contributed by atoms with E-state index >= 15 is 0 Å². The Balaban J connectivity index is 1.67. The fourth-order valence-corrected chi connectivity index (χ4v) is 4.07. The Morgan fingerprint density at radius 2 is 1.80 bits per heavy atom. The fourth-order valence-electron chi connectivity index (χ4n) is 4.07. The molecule has 5 N–H and O–H groups in total. The molecule has 1 saturated heterocycles. The average molecular weight is 418 g/mol. The van der Waals surface area contributed by atoms with Crippen molar-refractivity contribution in [3.8, 4) is 11.5 Å². The molecule has 2 aliphatic heterocycles. The zero-order chi connectivity index (χ0) is 21.5. The first-order chi connectivity index (χ1) is 14.4. The number of aliphatic hydroxyl groups is 5. The first kappa shape index (κ1) is 21.0. The van der Waals surface area contributed by atoms with Crippen molar-refractivity contribution >= 4 is 0 Å². The maximum atomic E-state index is 11.1. The molecule has 0 radical (unpaired) electrons. The Labute approximate surface area is 173 Å². The number of fused-ring (bicyclic) bond motifs is 1. The molecule has 1 fully saturated rings. The normalized spacial score (nSPS) is 33.1. The molecule has 0 aromatic heterocycles. The van der Waals surface area contributed by atoms with E-state index in [0.29, 0.717) is 19.0 Å². The number of ether oxygens (including phenoxy) is 3. The van der Waals surface area contributed by atoms with Gasteiger partial charge in [0.25, 0.3) is 0 Å². The molecule has 162 valence electrons. The van der Waals surface area contributed by atoms with Crippen LogP contribution in [-0.2, 0) is 10.5 Å². The van der Waals surface area contributed by atoms with Crippen LogP contribution in [0, 0.1) is 0 Å². The second kappa shape index (κ2) is 8.14. The molecule has 0 saturated carbocycles. The summed E-state index contributed by atoms with van der Waals surface area (Å²) < 4.78 is 16.7. The van der Waals surface area contributed by atoms with Gasteiger partial charge in [0, 0.05) is 17.0 Å². The van der Waals surface area contributed by atoms with Crippen LogP contribution in [0.5, 0.6) is 11.5 Å². The van der Waals surface area contributed by atoms with Gasteiger partial charge in [0.1, 0.15) is 35.9 Å². The lowest BCUT2D eigenvalue weighted by molar-refractivity contribution is -0.357. The highest BCUT2D eigenvalue weighted by atomic mass is 16.7. The molecule has 0 bridgehead atoms. The zero-order valence-corrected chi connectivity index (χ0v) is 16.5. The molecule has 2 heterocycles. The molecular formula is C22H26O8. The van der Waals surface area contributed by atoms with Crippen LogP contribution in [-0.4, -0.2) is 69.8 Å². The van der Waals surface area contributed by atoms with Crippen molar-refractivity contribution in [3.05, 3.63) is 59.2 Å². The lowest BCUT2D eigenvalue weighted by atomic mass is 9.85. The molecule has 0 amide bonds. The largest absolute Gasteiger partial charge is 0.494 e. The third-order valence-corrected chi connectivity index (χ3v) is 5.76. The topological polar surface area (TPSA) is 129 Å². The summed E-state index contributed by atoms with van der Waals surface area (Å²) in [6.07, 6.45) is -6.27. The van der Waals surface area contributed by atoms with Gasteiger partial charge >= 0.3 is 0 Å². The molecule has 2 aliphatic rings. The Morgan fingerprint density at radius 3 is 2.47 bits per heavy atom. The number of benzene rings is 2. The summed E-state index contributed by atoms with van der Waals surface area (Å²) in [4.78, 5) is 0. The van der Waals surface area contributed by atoms with Gasteiger partial charge in [0.05, 0.1) is 19.8 Å². The van der Waals surface area contributed by atoms with E-state index in [2.05, 4.69) is 0 Å². The van der Waals surface area contributed by atoms with Crippen molar-refractivity contribution in [2.24, 2.45) is 0 Å². The highest BCUT2D eigenvalue weighted by Gasteiger charge is 2.53. The van der Waals surface area contributed by atoms with E-state index in [0.717, 1.165) is 16.9 Å². The van der Waals surface area contributed by atoms with E-state index in [1.54, 1.807) is 12.1 Å². The van der Waals surface area contributed by atoms with E-state index in [1.165, 1.54) is 6.07 Å². The van der Waals surface area contributed by atoms with Gasteiger partial charge in [-0.2, -0.15) is 0 Å². The highest BCUT2D eigenvalue weighted by Crippen LogP contribution is 2.43. The summed E-state index contributed by atoms with van der Waals surface area (Å²) >= 11 is 0. The molecule has 8 heteroatoms. The molecule has 4 rings (SSSR count). The molecule has 6 atom stereocenters. The summed E-state index contributed by atoms with van der Waals surface area (Å²) in [6.45, 7) is 2.28. The predicted molar refractivity (Wildman–Crippen MR) is 105 cm³/mol. The Kier molecular flexibility index (Phi) is 5.71. The quantitative estimate of drug-likeness (QED) is 0.467. The second-order valence-electron chi connectivity index (χ2n) is 7.58. The van der Waals surface area contributed by atoms with Crippen molar-refractivity contribution in [2.45, 2.75) is 43.0 Å². The molecule has 8 nitrogen and oxygen atoms in total. The molecule has 0 spiro atoms. The standard InChI is InChI=1S/C22H26O8/c1-2-28-14-6-3-12(4-7-14)16-11-29-17-8-5-13(9-15(16)17)22(27)21(26)20(25)19(24)18(10-23)30-22/h3-9,16,18-21,23-27H,2,10-11H2,1H3/t16?,18-,19-,20+,21-,22-/m1/s1. The van der Waals surface area contributed by atoms with Crippen molar-refractivity contribution in [1.29, 1.82) is 0 Å². The van der Waals surface area contributed by atoms with Crippen molar-refractivity contribution in [3.63, 3.8) is 0 Å². The van der Waals surface area contributed by atoms with Gasteiger partial charge in [-0.25, -0.2) is 0 Å². The van der Waals surface area contributed by atoms with Crippen LogP contribution >= 0.6 is 0 Å². The van der Waals surface area contributed by atoms with Gasteiger partial charge in [-0.3, -0.25) is 0 Å². The number of aliphatic hydroxyl groups excluding tert-OH is 4. The SMILES string of the molecule is CCOc1ccc(C2COc3ccc([C@@]4(O)O[C@H](CO)[C@@H](O)[C@H](O)[C@H]4O)cc32)cc1. The first-order valence-electron chi connectivity index (χ1n) is 9.94. The van der Waals surface area contributed by atoms with E-state index in [1.807, 2.05) is 31.2 Å². The average Bonchev–Trinajstić information content (AvgIpc) is 3.19. The van der Waals surface area contributed by atoms with E-state index in [-0.39, 0.29) is 11.5 Å². The number of rotatable bonds is 5. The van der Waals surface area contributed by atoms with Crippen LogP contribution < -0.4 is 9.47 Å². The van der Waals surface area contributed by atoms with Crippen molar-refractivity contribution < 1.29 is 39.7 Å². The predicted octanol–water partition coefficient (Wildman–Crippen LogP) is 0.228. The van der Waals surface area contributed by atoms with E-state index in [4.69, 9.17) is 14.2 Å². The van der Waals surface area contributed by atoms with Crippen LogP contribution in [0.15, 0.2) is 42.5 Å².